The van der Waals surface area contributed by atoms with Crippen LogP contribution in [0.4, 0.5) is 5.95 Å². The Morgan fingerprint density at radius 2 is 1.97 bits per heavy atom. The number of carbonyl (C=O) groups excluding carboxylic acids is 1. The van der Waals surface area contributed by atoms with Gasteiger partial charge in [-0.25, -0.2) is 4.98 Å². The molecule has 0 aromatic carbocycles. The minimum atomic E-state index is -0.175. The number of hydrogen-bond donors (Lipinski definition) is 3. The van der Waals surface area contributed by atoms with E-state index in [1.54, 1.807) is 0 Å². The Hall–Kier alpha value is -2.19. The average Bonchev–Trinajstić information content (AvgIpc) is 3.28. The molecule has 2 aliphatic heterocycles. The third-order valence-corrected chi connectivity index (χ3v) is 8.65. The molecule has 5 rings (SSSR count). The molecule has 0 radical (unpaired) electrons. The molecule has 36 heavy (non-hydrogen) atoms. The van der Waals surface area contributed by atoms with Crippen molar-refractivity contribution in [2.75, 3.05) is 31.5 Å². The molecule has 2 atom stereocenters. The molecule has 0 unspecified atom stereocenters. The van der Waals surface area contributed by atoms with Gasteiger partial charge in [0, 0.05) is 49.5 Å². The molecule has 2 aromatic rings. The van der Waals surface area contributed by atoms with E-state index in [0.29, 0.717) is 29.9 Å². The monoisotopic (exact) mass is 496 g/mol. The molecule has 4 heterocycles. The van der Waals surface area contributed by atoms with Crippen molar-refractivity contribution in [3.63, 3.8) is 0 Å². The van der Waals surface area contributed by atoms with Gasteiger partial charge in [0.25, 0.3) is 0 Å². The highest BCUT2D eigenvalue weighted by atomic mass is 16.3. The standard InChI is InChI=1S/C28H44N6O2/c1-3-5-19(2)31-28-30-17-24-25(18-34(26(24)32-28)22-7-9-23(35)10-8-22)20-11-14-33(15-12-20)27(36)21-6-4-13-29-16-21/h17-23,29,35H,3-16H2,1-2H3,(H,30,31,32)/t19-,21-,22-,23-/m0/s1. The van der Waals surface area contributed by atoms with Gasteiger partial charge < -0.3 is 25.2 Å². The highest BCUT2D eigenvalue weighted by molar-refractivity contribution is 5.82. The van der Waals surface area contributed by atoms with Crippen molar-refractivity contribution < 1.29 is 9.90 Å². The number of nitrogens with zero attached hydrogens (tertiary/aromatic N) is 4. The first-order chi connectivity index (χ1) is 17.5. The SMILES string of the molecule is CCC[C@H](C)Nc1ncc2c(C3CCN(C(=O)[C@H]4CCCNC4)CC3)cn([C@H]3CC[C@H](O)CC3)c2n1. The van der Waals surface area contributed by atoms with E-state index in [2.05, 4.69) is 40.1 Å². The highest BCUT2D eigenvalue weighted by Gasteiger charge is 2.32. The van der Waals surface area contributed by atoms with E-state index in [4.69, 9.17) is 9.97 Å². The Bertz CT molecular complexity index is 1020. The Morgan fingerprint density at radius 1 is 1.19 bits per heavy atom. The largest absolute Gasteiger partial charge is 0.393 e. The van der Waals surface area contributed by atoms with Crippen LogP contribution in [0.2, 0.25) is 0 Å². The molecule has 8 heteroatoms. The van der Waals surface area contributed by atoms with E-state index in [-0.39, 0.29) is 12.0 Å². The zero-order valence-electron chi connectivity index (χ0n) is 22.1. The summed E-state index contributed by atoms with van der Waals surface area (Å²) >= 11 is 0. The molecule has 1 aliphatic carbocycles. The van der Waals surface area contributed by atoms with Crippen LogP contribution in [0.25, 0.3) is 11.0 Å². The van der Waals surface area contributed by atoms with E-state index >= 15 is 0 Å². The van der Waals surface area contributed by atoms with Gasteiger partial charge in [-0.05, 0) is 82.7 Å². The Balaban J connectivity index is 1.36. The van der Waals surface area contributed by atoms with Crippen LogP contribution in [0, 0.1) is 5.92 Å². The fraction of sp³-hybridized carbons (Fsp3) is 0.750. The van der Waals surface area contributed by atoms with Crippen LogP contribution in [-0.4, -0.2) is 68.8 Å². The van der Waals surface area contributed by atoms with Gasteiger partial charge in [0.05, 0.1) is 12.0 Å². The van der Waals surface area contributed by atoms with Crippen LogP contribution in [0.1, 0.15) is 95.6 Å². The van der Waals surface area contributed by atoms with Crippen LogP contribution in [0.15, 0.2) is 12.4 Å². The Kier molecular flexibility index (Phi) is 8.11. The van der Waals surface area contributed by atoms with Crippen molar-refractivity contribution in [3.8, 4) is 0 Å². The number of aliphatic hydroxyl groups is 1. The number of carbonyl (C=O) groups is 1. The lowest BCUT2D eigenvalue weighted by Gasteiger charge is -2.35. The molecule has 0 spiro atoms. The summed E-state index contributed by atoms with van der Waals surface area (Å²) in [6.45, 7) is 7.90. The molecule has 0 bridgehead atoms. The number of rotatable bonds is 7. The molecule has 198 valence electrons. The molecule has 3 aliphatic rings. The van der Waals surface area contributed by atoms with E-state index in [1.807, 2.05) is 6.20 Å². The van der Waals surface area contributed by atoms with Crippen LogP contribution >= 0.6 is 0 Å². The third kappa shape index (κ3) is 5.54. The van der Waals surface area contributed by atoms with Gasteiger partial charge in [-0.1, -0.05) is 13.3 Å². The number of fused-ring (bicyclic) bond motifs is 1. The second-order valence-corrected chi connectivity index (χ2v) is 11.4. The van der Waals surface area contributed by atoms with Crippen molar-refractivity contribution in [1.82, 2.24) is 24.8 Å². The summed E-state index contributed by atoms with van der Waals surface area (Å²) in [4.78, 5) is 24.9. The lowest BCUT2D eigenvalue weighted by molar-refractivity contribution is -0.137. The number of hydrogen-bond acceptors (Lipinski definition) is 6. The second-order valence-electron chi connectivity index (χ2n) is 11.4. The molecule has 8 nitrogen and oxygen atoms in total. The molecule has 2 saturated heterocycles. The zero-order chi connectivity index (χ0) is 25.1. The van der Waals surface area contributed by atoms with Crippen LogP contribution in [0.5, 0.6) is 0 Å². The van der Waals surface area contributed by atoms with Crippen molar-refractivity contribution >= 4 is 22.9 Å². The maximum atomic E-state index is 13.1. The molecule has 3 N–H and O–H groups in total. The summed E-state index contributed by atoms with van der Waals surface area (Å²) in [6, 6.07) is 0.697. The van der Waals surface area contributed by atoms with Gasteiger partial charge in [-0.2, -0.15) is 4.98 Å². The molecular formula is C28H44N6O2. The zero-order valence-corrected chi connectivity index (χ0v) is 22.1. The van der Waals surface area contributed by atoms with Gasteiger partial charge in [-0.15, -0.1) is 0 Å². The number of aliphatic hydroxyl groups excluding tert-OH is 1. The van der Waals surface area contributed by atoms with Gasteiger partial charge in [0.1, 0.15) is 5.65 Å². The lowest BCUT2D eigenvalue weighted by atomic mass is 9.88. The third-order valence-electron chi connectivity index (χ3n) is 8.65. The number of aromatic nitrogens is 3. The van der Waals surface area contributed by atoms with Crippen LogP contribution in [-0.2, 0) is 4.79 Å². The highest BCUT2D eigenvalue weighted by Crippen LogP contribution is 2.38. The molecular weight excluding hydrogens is 452 g/mol. The van der Waals surface area contributed by atoms with Gasteiger partial charge in [-0.3, -0.25) is 4.79 Å². The van der Waals surface area contributed by atoms with E-state index < -0.39 is 0 Å². The molecule has 3 fully saturated rings. The summed E-state index contributed by atoms with van der Waals surface area (Å²) in [5, 5.41) is 18.1. The number of piperidine rings is 2. The van der Waals surface area contributed by atoms with Gasteiger partial charge in [0.2, 0.25) is 11.9 Å². The second kappa shape index (κ2) is 11.5. The summed E-state index contributed by atoms with van der Waals surface area (Å²) in [7, 11) is 0. The maximum Gasteiger partial charge on any atom is 0.226 e. The topological polar surface area (TPSA) is 95.3 Å². The summed E-state index contributed by atoms with van der Waals surface area (Å²) in [5.74, 6) is 1.60. The Morgan fingerprint density at radius 3 is 2.67 bits per heavy atom. The molecule has 1 saturated carbocycles. The Labute approximate surface area is 215 Å². The summed E-state index contributed by atoms with van der Waals surface area (Å²) in [6.07, 6.45) is 14.1. The first-order valence-electron chi connectivity index (χ1n) is 14.3. The first kappa shape index (κ1) is 25.5. The number of anilines is 1. The average molecular weight is 497 g/mol. The van der Waals surface area contributed by atoms with Crippen LogP contribution < -0.4 is 10.6 Å². The smallest absolute Gasteiger partial charge is 0.226 e. The van der Waals surface area contributed by atoms with Crippen molar-refractivity contribution in [2.45, 2.75) is 102 Å². The minimum Gasteiger partial charge on any atom is -0.393 e. The van der Waals surface area contributed by atoms with Gasteiger partial charge >= 0.3 is 0 Å². The summed E-state index contributed by atoms with van der Waals surface area (Å²) in [5.41, 5.74) is 2.34. The van der Waals surface area contributed by atoms with Crippen molar-refractivity contribution in [2.24, 2.45) is 5.92 Å². The quantitative estimate of drug-likeness (QED) is 0.531. The normalized spacial score (nSPS) is 26.8. The number of likely N-dealkylation sites (tertiary alicyclic amines) is 1. The first-order valence-corrected chi connectivity index (χ1v) is 14.3. The van der Waals surface area contributed by atoms with E-state index in [1.165, 1.54) is 5.56 Å². The lowest BCUT2D eigenvalue weighted by Crippen LogP contribution is -2.45. The van der Waals surface area contributed by atoms with Crippen molar-refractivity contribution in [1.29, 1.82) is 0 Å². The maximum absolute atomic E-state index is 13.1. The van der Waals surface area contributed by atoms with Crippen molar-refractivity contribution in [3.05, 3.63) is 18.0 Å². The van der Waals surface area contributed by atoms with E-state index in [0.717, 1.165) is 101 Å². The fourth-order valence-corrected chi connectivity index (χ4v) is 6.52. The number of amides is 1. The van der Waals surface area contributed by atoms with E-state index in [9.17, 15) is 9.90 Å². The molecule has 2 aromatic heterocycles. The summed E-state index contributed by atoms with van der Waals surface area (Å²) < 4.78 is 2.37. The van der Waals surface area contributed by atoms with Crippen LogP contribution in [0.3, 0.4) is 0 Å². The van der Waals surface area contributed by atoms with Gasteiger partial charge in [0.15, 0.2) is 0 Å². The minimum absolute atomic E-state index is 0.147. The predicted octanol–water partition coefficient (Wildman–Crippen LogP) is 4.21. The molecule has 1 amide bonds. The fourth-order valence-electron chi connectivity index (χ4n) is 6.52. The number of nitrogens with one attached hydrogen (secondary N) is 2. The predicted molar refractivity (Wildman–Crippen MR) is 143 cm³/mol.